The lowest BCUT2D eigenvalue weighted by atomic mass is 9.90. The van der Waals surface area contributed by atoms with Gasteiger partial charge in [0.1, 0.15) is 28.9 Å². The summed E-state index contributed by atoms with van der Waals surface area (Å²) in [5.74, 6) is -0.575. The van der Waals surface area contributed by atoms with Crippen molar-refractivity contribution < 1.29 is 14.7 Å². The molecule has 0 bridgehead atoms. The molecule has 0 radical (unpaired) electrons. The van der Waals surface area contributed by atoms with Gasteiger partial charge in [-0.2, -0.15) is 24.8 Å². The van der Waals surface area contributed by atoms with Gasteiger partial charge >= 0.3 is 0 Å². The minimum Gasteiger partial charge on any atom is -0.506 e. The zero-order chi connectivity index (χ0) is 56.2. The predicted molar refractivity (Wildman–Crippen MR) is 301 cm³/mol. The van der Waals surface area contributed by atoms with Crippen molar-refractivity contribution in [1.82, 2.24) is 34.7 Å². The maximum absolute atomic E-state index is 12.6. The molecule has 2 amide bonds. The average molecular weight is 1050 g/mol. The number of aromatic nitrogens is 7. The molecular formula is C56H59N17O3S. The van der Waals surface area contributed by atoms with Gasteiger partial charge in [0, 0.05) is 41.5 Å². The second-order valence-corrected chi connectivity index (χ2v) is 22.1. The lowest BCUT2D eigenvalue weighted by molar-refractivity contribution is -0.114. The molecule has 0 spiro atoms. The Kier molecular flexibility index (Phi) is 14.4. The number of carbonyl (C=O) groups excluding carboxylic acids is 2. The summed E-state index contributed by atoms with van der Waals surface area (Å²) in [4.78, 5) is 36.1. The number of primary amides is 1. The molecule has 0 fully saturated rings. The van der Waals surface area contributed by atoms with Crippen molar-refractivity contribution >= 4 is 91.3 Å². The SMILES string of the molecule is [C-]#[N+]c1c(C(C)(C)C)nn(-c2nnc(-n3nc(C(C)(C)C)c(C#N)c3N=Nc3c(C)cc(N(C)c4c(C)cc(C)cc4C)nc3Nc3c(C)cc(C)cc3C)s2)c1N=Nc1cc(C(N)=O)c(O)c2cccc(NC(C)=O)c12. The van der Waals surface area contributed by atoms with E-state index >= 15 is 0 Å². The van der Waals surface area contributed by atoms with Crippen molar-refractivity contribution in [3.63, 3.8) is 0 Å². The Labute approximate surface area is 450 Å². The molecule has 0 aliphatic heterocycles. The van der Waals surface area contributed by atoms with Gasteiger partial charge in [0.2, 0.25) is 16.2 Å². The number of nitrogens with two attached hydrogens (primary N) is 1. The molecule has 0 unspecified atom stereocenters. The van der Waals surface area contributed by atoms with E-state index in [9.17, 15) is 20.0 Å². The zero-order valence-electron chi connectivity index (χ0n) is 45.7. The second kappa shape index (κ2) is 20.5. The first-order valence-corrected chi connectivity index (χ1v) is 25.3. The van der Waals surface area contributed by atoms with Crippen LogP contribution in [0.4, 0.5) is 57.4 Å². The van der Waals surface area contributed by atoms with Crippen LogP contribution in [0.15, 0.2) is 75.1 Å². The Morgan fingerprint density at radius 1 is 0.805 bits per heavy atom. The second-order valence-electron chi connectivity index (χ2n) is 21.1. The molecule has 4 heterocycles. The highest BCUT2D eigenvalue weighted by molar-refractivity contribution is 7.16. The number of pyridine rings is 1. The molecule has 4 aromatic carbocycles. The number of hydrogen-bond acceptors (Lipinski definition) is 16. The van der Waals surface area contributed by atoms with Gasteiger partial charge in [-0.15, -0.1) is 30.7 Å². The number of phenols is 1. The molecule has 392 valence electrons. The molecule has 0 aliphatic rings. The number of nitrogens with one attached hydrogen (secondary N) is 2. The quantitative estimate of drug-likeness (QED) is 0.0660. The van der Waals surface area contributed by atoms with Crippen LogP contribution in [0.2, 0.25) is 0 Å². The molecule has 8 aromatic rings. The highest BCUT2D eigenvalue weighted by Crippen LogP contribution is 2.46. The summed E-state index contributed by atoms with van der Waals surface area (Å²) in [6, 6.07) is 18.8. The number of azo groups is 2. The third-order valence-corrected chi connectivity index (χ3v) is 13.6. The van der Waals surface area contributed by atoms with Crippen LogP contribution >= 0.6 is 11.3 Å². The van der Waals surface area contributed by atoms with Crippen LogP contribution in [0, 0.1) is 66.4 Å². The molecule has 0 aliphatic carbocycles. The van der Waals surface area contributed by atoms with Gasteiger partial charge in [-0.05, 0) is 99.9 Å². The summed E-state index contributed by atoms with van der Waals surface area (Å²) in [6.45, 7) is 35.5. The number of benzene rings is 4. The van der Waals surface area contributed by atoms with Crippen LogP contribution in [0.1, 0.15) is 115 Å². The van der Waals surface area contributed by atoms with E-state index in [0.717, 1.165) is 56.1 Å². The van der Waals surface area contributed by atoms with Crippen molar-refractivity contribution in [3.05, 3.63) is 127 Å². The van der Waals surface area contributed by atoms with Crippen molar-refractivity contribution in [2.45, 2.75) is 108 Å². The average Bonchev–Trinajstić information content (AvgIpc) is 4.08. The van der Waals surface area contributed by atoms with E-state index in [-0.39, 0.29) is 60.9 Å². The molecular weight excluding hydrogens is 991 g/mol. The Morgan fingerprint density at radius 2 is 1.38 bits per heavy atom. The molecule has 8 rings (SSSR count). The monoisotopic (exact) mass is 1050 g/mol. The van der Waals surface area contributed by atoms with Gasteiger partial charge < -0.3 is 26.4 Å². The number of nitrogens with zero attached hydrogens (tertiary/aromatic N) is 14. The van der Waals surface area contributed by atoms with Gasteiger partial charge in [-0.25, -0.2) is 9.83 Å². The summed E-state index contributed by atoms with van der Waals surface area (Å²) in [7, 11) is 1.99. The molecule has 0 saturated heterocycles. The predicted octanol–water partition coefficient (Wildman–Crippen LogP) is 13.7. The summed E-state index contributed by atoms with van der Waals surface area (Å²) in [5, 5.41) is 66.8. The van der Waals surface area contributed by atoms with Gasteiger partial charge in [0.25, 0.3) is 11.6 Å². The third-order valence-electron chi connectivity index (χ3n) is 12.7. The van der Waals surface area contributed by atoms with Crippen molar-refractivity contribution in [1.29, 1.82) is 5.26 Å². The van der Waals surface area contributed by atoms with E-state index < -0.39 is 28.4 Å². The van der Waals surface area contributed by atoms with E-state index in [2.05, 4.69) is 98.8 Å². The number of carbonyl (C=O) groups is 2. The van der Waals surface area contributed by atoms with Crippen LogP contribution in [0.3, 0.4) is 0 Å². The molecule has 21 heteroatoms. The smallest absolute Gasteiger partial charge is 0.255 e. The molecule has 77 heavy (non-hydrogen) atoms. The molecule has 0 saturated carbocycles. The van der Waals surface area contributed by atoms with Gasteiger partial charge in [0.15, 0.2) is 17.5 Å². The summed E-state index contributed by atoms with van der Waals surface area (Å²) in [5.41, 5.74) is 15.1. The van der Waals surface area contributed by atoms with E-state index in [1.165, 1.54) is 27.9 Å². The Hall–Kier alpha value is -9.21. The summed E-state index contributed by atoms with van der Waals surface area (Å²) >= 11 is 1.03. The maximum atomic E-state index is 12.6. The number of amides is 2. The van der Waals surface area contributed by atoms with E-state index in [0.29, 0.717) is 28.7 Å². The first kappa shape index (κ1) is 54.1. The van der Waals surface area contributed by atoms with E-state index in [1.54, 1.807) is 18.2 Å². The number of hydrogen-bond donors (Lipinski definition) is 4. The third kappa shape index (κ3) is 10.5. The van der Waals surface area contributed by atoms with Crippen LogP contribution in [-0.4, -0.2) is 58.7 Å². The lowest BCUT2D eigenvalue weighted by Crippen LogP contribution is -2.15. The van der Waals surface area contributed by atoms with Crippen molar-refractivity contribution in [3.8, 4) is 22.1 Å². The van der Waals surface area contributed by atoms with Gasteiger partial charge in [-0.1, -0.05) is 100 Å². The van der Waals surface area contributed by atoms with Crippen LogP contribution in [0.25, 0.3) is 25.9 Å². The normalized spacial score (nSPS) is 11.9. The number of anilines is 5. The first-order valence-electron chi connectivity index (χ1n) is 24.5. The zero-order valence-corrected chi connectivity index (χ0v) is 46.5. The van der Waals surface area contributed by atoms with Crippen molar-refractivity contribution in [2.24, 2.45) is 26.2 Å². The standard InChI is InChI=1S/C56H59N17O3S/c1-27-20-29(3)42(30(4)21-27)62-50-43(31(5)24-40(61-50)71(16)45-32(6)22-28(2)23-33(45)7)64-65-51-37(26-57)47(55(9,10)11)69-72(51)53-67-68-54(77-53)73-52(44(59-15)48(70-73)56(12,13)14)66-63-39-25-36(49(58)76)46(75)35-18-17-19-38(41(35)39)60-34(8)74/h17-25,75H,1-14,16H3,(H2,58,76)(H,60,74)(H,61,62). The van der Waals surface area contributed by atoms with E-state index in [1.807, 2.05) is 75.4 Å². The number of aromatic hydroxyl groups is 1. The Bertz CT molecular complexity index is 3840. The Balaban J connectivity index is 1.30. The highest BCUT2D eigenvalue weighted by Gasteiger charge is 2.32. The Morgan fingerprint density at radius 3 is 1.94 bits per heavy atom. The van der Waals surface area contributed by atoms with E-state index in [4.69, 9.17) is 37.7 Å². The fourth-order valence-corrected chi connectivity index (χ4v) is 10.2. The van der Waals surface area contributed by atoms with Crippen LogP contribution in [0.5, 0.6) is 5.75 Å². The molecule has 4 aromatic heterocycles. The summed E-state index contributed by atoms with van der Waals surface area (Å²) in [6.07, 6.45) is 0. The van der Waals surface area contributed by atoms with Crippen LogP contribution in [-0.2, 0) is 15.6 Å². The highest BCUT2D eigenvalue weighted by atomic mass is 32.1. The largest absolute Gasteiger partial charge is 0.506 e. The number of aryl methyl sites for hydroxylation is 7. The van der Waals surface area contributed by atoms with Gasteiger partial charge in [-0.3, -0.25) is 9.59 Å². The van der Waals surface area contributed by atoms with Crippen LogP contribution < -0.4 is 21.3 Å². The fraction of sp³-hybridized carbons (Fsp3) is 0.304. The molecule has 0 atom stereocenters. The minimum atomic E-state index is -0.929. The number of rotatable bonds is 12. The summed E-state index contributed by atoms with van der Waals surface area (Å²) < 4.78 is 2.76. The maximum Gasteiger partial charge on any atom is 0.255 e. The first-order chi connectivity index (χ1) is 36.2. The van der Waals surface area contributed by atoms with Crippen molar-refractivity contribution in [2.75, 3.05) is 22.6 Å². The fourth-order valence-electron chi connectivity index (χ4n) is 9.43. The topological polar surface area (TPSA) is 260 Å². The molecule has 5 N–H and O–H groups in total. The number of fused-ring (bicyclic) bond motifs is 1. The van der Waals surface area contributed by atoms with Gasteiger partial charge in [0.05, 0.1) is 34.9 Å². The number of nitriles is 1. The molecule has 20 nitrogen and oxygen atoms in total. The minimum absolute atomic E-state index is 0.0381. The lowest BCUT2D eigenvalue weighted by Gasteiger charge is -2.25.